The molecule has 0 aromatic heterocycles. The maximum absolute atomic E-state index is 12.3. The van der Waals surface area contributed by atoms with E-state index in [4.69, 9.17) is 4.74 Å². The molecule has 1 atom stereocenters. The Morgan fingerprint density at radius 2 is 1.78 bits per heavy atom. The van der Waals surface area contributed by atoms with E-state index in [1.165, 1.54) is 37.9 Å². The summed E-state index contributed by atoms with van der Waals surface area (Å²) < 4.78 is 5.73. The largest absolute Gasteiger partial charge is 0.481 e. The summed E-state index contributed by atoms with van der Waals surface area (Å²) in [5.41, 5.74) is 3.56. The van der Waals surface area contributed by atoms with Crippen molar-refractivity contribution in [2.24, 2.45) is 0 Å². The van der Waals surface area contributed by atoms with Crippen molar-refractivity contribution in [3.63, 3.8) is 0 Å². The van der Waals surface area contributed by atoms with E-state index in [0.717, 1.165) is 23.4 Å². The standard InChI is InChI=1S/C23H30N2O2/c1-18-7-6-8-22(15-18)27-19(2)23(26)24-16-20-9-11-21(12-10-20)17-25-13-4-3-5-14-25/h6-12,15,19H,3-5,13-14,16-17H2,1-2H3,(H,24,26)/t19-/m1/s1. The van der Waals surface area contributed by atoms with E-state index in [9.17, 15) is 4.79 Å². The van der Waals surface area contributed by atoms with Crippen molar-refractivity contribution >= 4 is 5.91 Å². The van der Waals surface area contributed by atoms with Gasteiger partial charge in [0.1, 0.15) is 5.75 Å². The number of piperidine rings is 1. The molecular weight excluding hydrogens is 336 g/mol. The minimum Gasteiger partial charge on any atom is -0.481 e. The van der Waals surface area contributed by atoms with E-state index < -0.39 is 6.10 Å². The van der Waals surface area contributed by atoms with Crippen LogP contribution in [0.3, 0.4) is 0 Å². The van der Waals surface area contributed by atoms with Gasteiger partial charge in [0.25, 0.3) is 5.91 Å². The van der Waals surface area contributed by atoms with Crippen LogP contribution in [0.15, 0.2) is 48.5 Å². The highest BCUT2D eigenvalue weighted by atomic mass is 16.5. The minimum atomic E-state index is -0.523. The van der Waals surface area contributed by atoms with Crippen LogP contribution in [0.5, 0.6) is 5.75 Å². The van der Waals surface area contributed by atoms with Crippen molar-refractivity contribution in [2.75, 3.05) is 13.1 Å². The van der Waals surface area contributed by atoms with E-state index in [1.54, 1.807) is 6.92 Å². The number of ether oxygens (including phenoxy) is 1. The predicted octanol–water partition coefficient (Wildman–Crippen LogP) is 4.06. The molecule has 2 aromatic carbocycles. The minimum absolute atomic E-state index is 0.103. The van der Waals surface area contributed by atoms with Gasteiger partial charge in [0.05, 0.1) is 0 Å². The van der Waals surface area contributed by atoms with E-state index in [0.29, 0.717) is 6.54 Å². The molecule has 0 unspecified atom stereocenters. The second kappa shape index (κ2) is 9.56. The highest BCUT2D eigenvalue weighted by Crippen LogP contribution is 2.15. The van der Waals surface area contributed by atoms with Crippen molar-refractivity contribution in [3.8, 4) is 5.75 Å². The number of amides is 1. The molecule has 4 heteroatoms. The molecule has 3 rings (SSSR count). The van der Waals surface area contributed by atoms with Gasteiger partial charge >= 0.3 is 0 Å². The monoisotopic (exact) mass is 366 g/mol. The van der Waals surface area contributed by atoms with E-state index in [-0.39, 0.29) is 5.91 Å². The molecule has 0 saturated carbocycles. The van der Waals surface area contributed by atoms with Crippen molar-refractivity contribution < 1.29 is 9.53 Å². The number of nitrogens with zero attached hydrogens (tertiary/aromatic N) is 1. The molecule has 4 nitrogen and oxygen atoms in total. The number of carbonyl (C=O) groups excluding carboxylic acids is 1. The zero-order chi connectivity index (χ0) is 19.1. The maximum Gasteiger partial charge on any atom is 0.261 e. The second-order valence-electron chi connectivity index (χ2n) is 7.45. The fraction of sp³-hybridized carbons (Fsp3) is 0.435. The number of carbonyl (C=O) groups is 1. The summed E-state index contributed by atoms with van der Waals surface area (Å²) in [5, 5.41) is 2.96. The van der Waals surface area contributed by atoms with Gasteiger partial charge in [-0.25, -0.2) is 0 Å². The molecule has 27 heavy (non-hydrogen) atoms. The van der Waals surface area contributed by atoms with Crippen LogP contribution in [0.2, 0.25) is 0 Å². The van der Waals surface area contributed by atoms with Crippen LogP contribution < -0.4 is 10.1 Å². The third-order valence-electron chi connectivity index (χ3n) is 5.02. The maximum atomic E-state index is 12.3. The Balaban J connectivity index is 1.45. The molecule has 0 aliphatic carbocycles. The first-order valence-corrected chi connectivity index (χ1v) is 9.91. The van der Waals surface area contributed by atoms with Gasteiger partial charge < -0.3 is 10.1 Å². The topological polar surface area (TPSA) is 41.6 Å². The molecule has 1 heterocycles. The summed E-state index contributed by atoms with van der Waals surface area (Å²) in [5.74, 6) is 0.619. The molecule has 1 aliphatic rings. The van der Waals surface area contributed by atoms with Crippen LogP contribution in [0, 0.1) is 6.92 Å². The van der Waals surface area contributed by atoms with Gasteiger partial charge in [-0.1, -0.05) is 42.8 Å². The molecule has 1 amide bonds. The van der Waals surface area contributed by atoms with Gasteiger partial charge in [-0.2, -0.15) is 0 Å². The van der Waals surface area contributed by atoms with Crippen LogP contribution in [0.1, 0.15) is 42.9 Å². The summed E-state index contributed by atoms with van der Waals surface area (Å²) in [6.45, 7) is 7.73. The van der Waals surface area contributed by atoms with Crippen LogP contribution in [-0.2, 0) is 17.9 Å². The fourth-order valence-electron chi connectivity index (χ4n) is 3.42. The summed E-state index contributed by atoms with van der Waals surface area (Å²) in [6, 6.07) is 16.3. The van der Waals surface area contributed by atoms with Crippen LogP contribution in [-0.4, -0.2) is 30.0 Å². The smallest absolute Gasteiger partial charge is 0.261 e. The van der Waals surface area contributed by atoms with E-state index in [1.807, 2.05) is 31.2 Å². The number of aryl methyl sites for hydroxylation is 1. The summed E-state index contributed by atoms with van der Waals surface area (Å²) in [7, 11) is 0. The lowest BCUT2D eigenvalue weighted by Crippen LogP contribution is -2.35. The molecule has 1 fully saturated rings. The van der Waals surface area contributed by atoms with E-state index in [2.05, 4.69) is 34.5 Å². The second-order valence-corrected chi connectivity index (χ2v) is 7.45. The number of nitrogens with one attached hydrogen (secondary N) is 1. The van der Waals surface area contributed by atoms with Crippen molar-refractivity contribution in [2.45, 2.75) is 52.3 Å². The molecule has 0 radical (unpaired) electrons. The lowest BCUT2D eigenvalue weighted by atomic mass is 10.1. The first-order valence-electron chi connectivity index (χ1n) is 9.91. The summed E-state index contributed by atoms with van der Waals surface area (Å²) >= 11 is 0. The average molecular weight is 367 g/mol. The van der Waals surface area contributed by atoms with Gasteiger partial charge in [-0.15, -0.1) is 0 Å². The zero-order valence-corrected chi connectivity index (χ0v) is 16.4. The Hall–Kier alpha value is -2.33. The molecule has 1 aliphatic heterocycles. The molecule has 0 bridgehead atoms. The van der Waals surface area contributed by atoms with Crippen molar-refractivity contribution in [1.82, 2.24) is 10.2 Å². The molecule has 2 aromatic rings. The third kappa shape index (κ3) is 6.10. The number of benzene rings is 2. The molecule has 1 N–H and O–H groups in total. The Kier molecular flexibility index (Phi) is 6.88. The number of hydrogen-bond acceptors (Lipinski definition) is 3. The molecular formula is C23H30N2O2. The predicted molar refractivity (Wildman–Crippen MR) is 109 cm³/mol. The van der Waals surface area contributed by atoms with Crippen LogP contribution >= 0.6 is 0 Å². The SMILES string of the molecule is Cc1cccc(O[C@H](C)C(=O)NCc2ccc(CN3CCCCC3)cc2)c1. The van der Waals surface area contributed by atoms with Gasteiger partial charge in [-0.05, 0) is 68.6 Å². The van der Waals surface area contributed by atoms with Crippen LogP contribution in [0.25, 0.3) is 0 Å². The summed E-state index contributed by atoms with van der Waals surface area (Å²) in [4.78, 5) is 14.8. The number of likely N-dealkylation sites (tertiary alicyclic amines) is 1. The number of rotatable bonds is 7. The quantitative estimate of drug-likeness (QED) is 0.803. The normalized spacial score (nSPS) is 15.9. The van der Waals surface area contributed by atoms with Crippen molar-refractivity contribution in [3.05, 3.63) is 65.2 Å². The Morgan fingerprint density at radius 3 is 2.48 bits per heavy atom. The number of hydrogen-bond donors (Lipinski definition) is 1. The van der Waals surface area contributed by atoms with Crippen molar-refractivity contribution in [1.29, 1.82) is 0 Å². The highest BCUT2D eigenvalue weighted by Gasteiger charge is 2.14. The summed E-state index contributed by atoms with van der Waals surface area (Å²) in [6.07, 6.45) is 3.46. The molecule has 144 valence electrons. The lowest BCUT2D eigenvalue weighted by molar-refractivity contribution is -0.127. The lowest BCUT2D eigenvalue weighted by Gasteiger charge is -2.26. The van der Waals surface area contributed by atoms with Gasteiger partial charge in [0, 0.05) is 13.1 Å². The highest BCUT2D eigenvalue weighted by molar-refractivity contribution is 5.80. The molecule has 0 spiro atoms. The first-order chi connectivity index (χ1) is 13.1. The Labute approximate surface area is 162 Å². The van der Waals surface area contributed by atoms with Gasteiger partial charge in [-0.3, -0.25) is 9.69 Å². The van der Waals surface area contributed by atoms with Gasteiger partial charge in [0.15, 0.2) is 6.10 Å². The fourth-order valence-corrected chi connectivity index (χ4v) is 3.42. The zero-order valence-electron chi connectivity index (χ0n) is 16.4. The first kappa shape index (κ1) is 19.4. The van der Waals surface area contributed by atoms with E-state index >= 15 is 0 Å². The molecule has 1 saturated heterocycles. The van der Waals surface area contributed by atoms with Crippen LogP contribution in [0.4, 0.5) is 0 Å². The Bertz CT molecular complexity index is 736. The van der Waals surface area contributed by atoms with Gasteiger partial charge in [0.2, 0.25) is 0 Å². The average Bonchev–Trinajstić information content (AvgIpc) is 2.68. The third-order valence-corrected chi connectivity index (χ3v) is 5.02. The Morgan fingerprint density at radius 1 is 1.07 bits per heavy atom.